The number of benzene rings is 4. The third-order valence-corrected chi connectivity index (χ3v) is 9.57. The lowest BCUT2D eigenvalue weighted by Crippen LogP contribution is -2.51. The first-order valence-corrected chi connectivity index (χ1v) is 15.0. The quantitative estimate of drug-likeness (QED) is 0.205. The lowest BCUT2D eigenvalue weighted by atomic mass is 9.86. The number of amides is 1. The van der Waals surface area contributed by atoms with Gasteiger partial charge in [0, 0.05) is 24.8 Å². The van der Waals surface area contributed by atoms with Gasteiger partial charge in [0.2, 0.25) is 0 Å². The number of piperidine rings is 1. The monoisotopic (exact) mass is 553 g/mol. The highest BCUT2D eigenvalue weighted by molar-refractivity contribution is 8.01. The van der Waals surface area contributed by atoms with Crippen LogP contribution >= 0.6 is 23.1 Å². The minimum atomic E-state index is -1.13. The second-order valence-electron chi connectivity index (χ2n) is 9.93. The number of hydrogen-bond donors (Lipinski definition) is 0. The summed E-state index contributed by atoms with van der Waals surface area (Å²) in [6.45, 7) is 1.22. The molecule has 1 saturated heterocycles. The average molecular weight is 554 g/mol. The van der Waals surface area contributed by atoms with Crippen molar-refractivity contribution in [3.05, 3.63) is 108 Å². The fourth-order valence-corrected chi connectivity index (χ4v) is 7.39. The minimum absolute atomic E-state index is 0.132. The van der Waals surface area contributed by atoms with Crippen molar-refractivity contribution in [3.8, 4) is 0 Å². The van der Waals surface area contributed by atoms with Crippen LogP contribution in [0.4, 0.5) is 4.79 Å². The van der Waals surface area contributed by atoms with Crippen LogP contribution in [0.25, 0.3) is 21.0 Å². The molecule has 2 unspecified atom stereocenters. The summed E-state index contributed by atoms with van der Waals surface area (Å²) in [5, 5.41) is 14.0. The first-order chi connectivity index (χ1) is 19.1. The fraction of sp³-hybridized carbons (Fsp3) is 0.250. The SMILES string of the molecule is O=C([O-])N1CCC(c2ccc(CCSc3nc4ccccc4s3)cc2)C(OCc2ccc3ccccc3c2)C1. The fourth-order valence-electron chi connectivity index (χ4n) is 5.26. The highest BCUT2D eigenvalue weighted by Gasteiger charge is 2.31. The molecule has 1 fully saturated rings. The van der Waals surface area contributed by atoms with Gasteiger partial charge in [-0.1, -0.05) is 84.6 Å². The third-order valence-electron chi connectivity index (χ3n) is 7.39. The topological polar surface area (TPSA) is 65.5 Å². The number of carbonyl (C=O) groups is 1. The van der Waals surface area contributed by atoms with Crippen LogP contribution in [0.1, 0.15) is 29.0 Å². The maximum absolute atomic E-state index is 11.6. The van der Waals surface area contributed by atoms with E-state index < -0.39 is 6.09 Å². The Morgan fingerprint density at radius 3 is 2.56 bits per heavy atom. The first-order valence-electron chi connectivity index (χ1n) is 13.2. The Balaban J connectivity index is 1.10. The number of aromatic nitrogens is 1. The molecule has 6 rings (SSSR count). The average Bonchev–Trinajstić information content (AvgIpc) is 3.39. The number of thioether (sulfide) groups is 1. The molecule has 0 radical (unpaired) electrons. The zero-order chi connectivity index (χ0) is 26.6. The largest absolute Gasteiger partial charge is 0.530 e. The van der Waals surface area contributed by atoms with E-state index in [9.17, 15) is 9.90 Å². The number of aryl methyl sites for hydroxylation is 1. The van der Waals surface area contributed by atoms with E-state index in [1.807, 2.05) is 18.2 Å². The van der Waals surface area contributed by atoms with Gasteiger partial charge in [0.15, 0.2) is 4.34 Å². The molecule has 0 aliphatic carbocycles. The molecule has 0 spiro atoms. The molecule has 0 N–H and O–H groups in total. The Labute approximate surface area is 236 Å². The standard InChI is InChI=1S/C32H30N2O3S2/c35-32(36)34-17-15-27(29(20-34)37-21-23-11-12-24-5-1-2-6-26(24)19-23)25-13-9-22(10-14-25)16-18-38-31-33-28-7-3-4-8-30(28)39-31/h1-14,19,27,29H,15-18,20-21H2,(H,35,36)/p-1. The Bertz CT molecular complexity index is 1550. The number of thiazole rings is 1. The highest BCUT2D eigenvalue weighted by Crippen LogP contribution is 2.33. The van der Waals surface area contributed by atoms with E-state index in [4.69, 9.17) is 9.72 Å². The van der Waals surface area contributed by atoms with Crippen molar-refractivity contribution in [2.24, 2.45) is 0 Å². The molecule has 2 atom stereocenters. The van der Waals surface area contributed by atoms with E-state index in [0.717, 1.165) is 27.6 Å². The van der Waals surface area contributed by atoms with Crippen LogP contribution in [-0.2, 0) is 17.8 Å². The molecular formula is C32H29N2O3S2-. The molecule has 0 bridgehead atoms. The summed E-state index contributed by atoms with van der Waals surface area (Å²) in [5.74, 6) is 1.10. The van der Waals surface area contributed by atoms with Crippen LogP contribution in [0.5, 0.6) is 0 Å². The maximum Gasteiger partial charge on any atom is 0.151 e. The van der Waals surface area contributed by atoms with E-state index in [0.29, 0.717) is 26.1 Å². The van der Waals surface area contributed by atoms with Gasteiger partial charge in [-0.05, 0) is 58.5 Å². The zero-order valence-corrected chi connectivity index (χ0v) is 23.1. The number of para-hydroxylation sites is 1. The number of nitrogens with zero attached hydrogens (tertiary/aromatic N) is 2. The second-order valence-corrected chi connectivity index (χ2v) is 12.3. The summed E-state index contributed by atoms with van der Waals surface area (Å²) in [7, 11) is 0. The summed E-state index contributed by atoms with van der Waals surface area (Å²) in [4.78, 5) is 17.7. The first kappa shape index (κ1) is 25.9. The summed E-state index contributed by atoms with van der Waals surface area (Å²) in [6.07, 6.45) is 0.312. The second kappa shape index (κ2) is 11.8. The summed E-state index contributed by atoms with van der Waals surface area (Å²) < 4.78 is 8.73. The van der Waals surface area contributed by atoms with Gasteiger partial charge in [-0.25, -0.2) is 4.98 Å². The number of carboxylic acid groups (broad SMARTS) is 1. The molecule has 4 aromatic carbocycles. The van der Waals surface area contributed by atoms with Gasteiger partial charge in [-0.15, -0.1) is 11.3 Å². The van der Waals surface area contributed by atoms with Gasteiger partial charge in [-0.3, -0.25) is 0 Å². The van der Waals surface area contributed by atoms with Crippen LogP contribution in [-0.4, -0.2) is 40.9 Å². The predicted molar refractivity (Wildman–Crippen MR) is 157 cm³/mol. The Kier molecular flexibility index (Phi) is 7.81. The van der Waals surface area contributed by atoms with Crippen molar-refractivity contribution in [2.75, 3.05) is 18.8 Å². The van der Waals surface area contributed by atoms with Crippen LogP contribution in [0.15, 0.2) is 95.3 Å². The van der Waals surface area contributed by atoms with E-state index in [-0.39, 0.29) is 12.0 Å². The molecule has 198 valence electrons. The number of fused-ring (bicyclic) bond motifs is 2. The molecule has 1 aromatic heterocycles. The zero-order valence-electron chi connectivity index (χ0n) is 21.5. The maximum atomic E-state index is 11.6. The van der Waals surface area contributed by atoms with Crippen molar-refractivity contribution in [3.63, 3.8) is 0 Å². The van der Waals surface area contributed by atoms with E-state index in [1.54, 1.807) is 23.1 Å². The van der Waals surface area contributed by atoms with Crippen molar-refractivity contribution >= 4 is 50.2 Å². The predicted octanol–water partition coefficient (Wildman–Crippen LogP) is 6.50. The lowest BCUT2D eigenvalue weighted by Gasteiger charge is -2.40. The normalized spacial score (nSPS) is 17.6. The van der Waals surface area contributed by atoms with E-state index in [2.05, 4.69) is 72.8 Å². The van der Waals surface area contributed by atoms with Crippen molar-refractivity contribution < 1.29 is 14.6 Å². The number of likely N-dealkylation sites (tertiary alicyclic amines) is 1. The summed E-state index contributed by atoms with van der Waals surface area (Å²) >= 11 is 3.55. The molecule has 5 aromatic rings. The van der Waals surface area contributed by atoms with Gasteiger partial charge >= 0.3 is 0 Å². The number of rotatable bonds is 8. The van der Waals surface area contributed by atoms with E-state index in [1.165, 1.54) is 31.5 Å². The van der Waals surface area contributed by atoms with Crippen LogP contribution in [0.3, 0.4) is 0 Å². The number of hydrogen-bond acceptors (Lipinski definition) is 6. The Morgan fingerprint density at radius 1 is 0.974 bits per heavy atom. The van der Waals surface area contributed by atoms with Crippen LogP contribution < -0.4 is 5.11 Å². The van der Waals surface area contributed by atoms with Crippen molar-refractivity contribution in [2.45, 2.75) is 35.8 Å². The van der Waals surface area contributed by atoms with Crippen molar-refractivity contribution in [1.29, 1.82) is 0 Å². The highest BCUT2D eigenvalue weighted by atomic mass is 32.2. The van der Waals surface area contributed by atoms with Gasteiger partial charge in [0.1, 0.15) is 6.09 Å². The Hall–Kier alpha value is -3.39. The summed E-state index contributed by atoms with van der Waals surface area (Å²) in [6, 6.07) is 31.6. The van der Waals surface area contributed by atoms with Crippen molar-refractivity contribution in [1.82, 2.24) is 9.88 Å². The minimum Gasteiger partial charge on any atom is -0.530 e. The molecule has 5 nitrogen and oxygen atoms in total. The lowest BCUT2D eigenvalue weighted by molar-refractivity contribution is -0.268. The molecule has 7 heteroatoms. The molecule has 1 aliphatic heterocycles. The third kappa shape index (κ3) is 6.11. The van der Waals surface area contributed by atoms with Gasteiger partial charge < -0.3 is 19.5 Å². The number of carbonyl (C=O) groups excluding carboxylic acids is 1. The summed E-state index contributed by atoms with van der Waals surface area (Å²) in [5.41, 5.74) is 4.63. The molecule has 2 heterocycles. The van der Waals surface area contributed by atoms with Gasteiger partial charge in [0.05, 0.1) is 22.9 Å². The van der Waals surface area contributed by atoms with E-state index >= 15 is 0 Å². The Morgan fingerprint density at radius 2 is 1.74 bits per heavy atom. The smallest absolute Gasteiger partial charge is 0.151 e. The van der Waals surface area contributed by atoms with Gasteiger partial charge in [0.25, 0.3) is 0 Å². The number of ether oxygens (including phenoxy) is 1. The molecule has 1 amide bonds. The molecular weight excluding hydrogens is 524 g/mol. The molecule has 1 aliphatic rings. The van der Waals surface area contributed by atoms with Crippen LogP contribution in [0.2, 0.25) is 0 Å². The molecule has 0 saturated carbocycles. The van der Waals surface area contributed by atoms with Gasteiger partial charge in [-0.2, -0.15) is 0 Å². The molecule has 39 heavy (non-hydrogen) atoms. The van der Waals surface area contributed by atoms with Crippen LogP contribution in [0, 0.1) is 0 Å².